The van der Waals surface area contributed by atoms with Crippen LogP contribution in [0.4, 0.5) is 5.69 Å². The number of para-hydroxylation sites is 2. The summed E-state index contributed by atoms with van der Waals surface area (Å²) in [7, 11) is 0. The van der Waals surface area contributed by atoms with Crippen molar-refractivity contribution in [3.8, 4) is 5.75 Å². The lowest BCUT2D eigenvalue weighted by Gasteiger charge is -2.24. The number of ether oxygens (including phenoxy) is 1. The Bertz CT molecular complexity index is 614. The Morgan fingerprint density at radius 2 is 2.09 bits per heavy atom. The lowest BCUT2D eigenvalue weighted by molar-refractivity contribution is -0.385. The highest BCUT2D eigenvalue weighted by Crippen LogP contribution is 2.29. The summed E-state index contributed by atoms with van der Waals surface area (Å²) in [5.41, 5.74) is -0.211. The average molecular weight is 322 g/mol. The van der Waals surface area contributed by atoms with Gasteiger partial charge < -0.3 is 14.7 Å². The molecule has 0 radical (unpaired) electrons. The normalized spacial score (nSPS) is 14.8. The molecular formula is C15H18N2O6. The van der Waals surface area contributed by atoms with Gasteiger partial charge in [0.05, 0.1) is 10.8 Å². The minimum Gasteiger partial charge on any atom is -0.481 e. The molecule has 0 bridgehead atoms. The van der Waals surface area contributed by atoms with E-state index in [9.17, 15) is 19.7 Å². The lowest BCUT2D eigenvalue weighted by Crippen LogP contribution is -2.41. The van der Waals surface area contributed by atoms with Gasteiger partial charge in [-0.3, -0.25) is 19.7 Å². The maximum Gasteiger partial charge on any atom is 0.310 e. The van der Waals surface area contributed by atoms with Crippen LogP contribution in [0.3, 0.4) is 0 Å². The summed E-state index contributed by atoms with van der Waals surface area (Å²) >= 11 is 0. The smallest absolute Gasteiger partial charge is 0.310 e. The Kier molecular flexibility index (Phi) is 5.15. The molecule has 0 aliphatic heterocycles. The fourth-order valence-corrected chi connectivity index (χ4v) is 2.17. The molecule has 1 atom stereocenters. The minimum atomic E-state index is -0.969. The molecule has 0 heterocycles. The highest BCUT2D eigenvalue weighted by atomic mass is 16.6. The third-order valence-electron chi connectivity index (χ3n) is 3.61. The number of hydrogen-bond acceptors (Lipinski definition) is 5. The van der Waals surface area contributed by atoms with Crippen molar-refractivity contribution < 1.29 is 24.4 Å². The molecule has 124 valence electrons. The first-order valence-corrected chi connectivity index (χ1v) is 7.28. The Balaban J connectivity index is 2.00. The van der Waals surface area contributed by atoms with E-state index in [0.29, 0.717) is 0 Å². The zero-order valence-corrected chi connectivity index (χ0v) is 12.7. The molecule has 2 rings (SSSR count). The highest BCUT2D eigenvalue weighted by molar-refractivity contribution is 5.79. The van der Waals surface area contributed by atoms with E-state index in [-0.39, 0.29) is 36.5 Å². The van der Waals surface area contributed by atoms with Gasteiger partial charge in [0.2, 0.25) is 0 Å². The van der Waals surface area contributed by atoms with Gasteiger partial charge >= 0.3 is 11.7 Å². The first kappa shape index (κ1) is 16.7. The van der Waals surface area contributed by atoms with Crippen LogP contribution in [0.1, 0.15) is 19.8 Å². The van der Waals surface area contributed by atoms with Crippen molar-refractivity contribution >= 4 is 17.6 Å². The zero-order chi connectivity index (χ0) is 17.0. The standard InChI is InChI=1S/C15H18N2O6/c1-10(15(19)20)8-16(11-6-7-11)14(18)9-23-13-5-3-2-4-12(13)17(21)22/h2-5,10-11H,6-9H2,1H3,(H,19,20). The van der Waals surface area contributed by atoms with Crippen LogP contribution in [-0.4, -0.2) is 46.0 Å². The Labute approximate surface area is 132 Å². The summed E-state index contributed by atoms with van der Waals surface area (Å²) < 4.78 is 5.28. The van der Waals surface area contributed by atoms with E-state index in [1.54, 1.807) is 6.07 Å². The maximum atomic E-state index is 12.3. The highest BCUT2D eigenvalue weighted by Gasteiger charge is 2.34. The van der Waals surface area contributed by atoms with Crippen molar-refractivity contribution in [2.45, 2.75) is 25.8 Å². The topological polar surface area (TPSA) is 110 Å². The number of benzene rings is 1. The molecule has 8 nitrogen and oxygen atoms in total. The number of nitrogens with zero attached hydrogens (tertiary/aromatic N) is 2. The number of amides is 1. The van der Waals surface area contributed by atoms with Crippen LogP contribution >= 0.6 is 0 Å². The van der Waals surface area contributed by atoms with Gasteiger partial charge in [-0.1, -0.05) is 19.1 Å². The quantitative estimate of drug-likeness (QED) is 0.576. The molecular weight excluding hydrogens is 304 g/mol. The first-order valence-electron chi connectivity index (χ1n) is 7.28. The molecule has 1 aliphatic rings. The summed E-state index contributed by atoms with van der Waals surface area (Å²) in [4.78, 5) is 35.0. The second-order valence-electron chi connectivity index (χ2n) is 5.53. The summed E-state index contributed by atoms with van der Waals surface area (Å²) in [6, 6.07) is 5.85. The molecule has 1 amide bonds. The minimum absolute atomic E-state index is 0.0212. The van der Waals surface area contributed by atoms with Gasteiger partial charge in [0.15, 0.2) is 12.4 Å². The van der Waals surface area contributed by atoms with Gasteiger partial charge in [0.25, 0.3) is 5.91 Å². The zero-order valence-electron chi connectivity index (χ0n) is 12.7. The van der Waals surface area contributed by atoms with E-state index in [1.165, 1.54) is 30.0 Å². The number of carbonyl (C=O) groups excluding carboxylic acids is 1. The Morgan fingerprint density at radius 1 is 1.43 bits per heavy atom. The molecule has 1 N–H and O–H groups in total. The molecule has 1 aromatic carbocycles. The van der Waals surface area contributed by atoms with Crippen molar-refractivity contribution in [2.24, 2.45) is 5.92 Å². The van der Waals surface area contributed by atoms with Crippen LogP contribution in [0.15, 0.2) is 24.3 Å². The Hall–Kier alpha value is -2.64. The Morgan fingerprint density at radius 3 is 2.65 bits per heavy atom. The summed E-state index contributed by atoms with van der Waals surface area (Å²) in [6.07, 6.45) is 1.67. The molecule has 0 spiro atoms. The maximum absolute atomic E-state index is 12.3. The van der Waals surface area contributed by atoms with E-state index in [4.69, 9.17) is 9.84 Å². The van der Waals surface area contributed by atoms with Gasteiger partial charge in [0.1, 0.15) is 0 Å². The number of nitro benzene ring substituents is 1. The molecule has 0 saturated heterocycles. The van der Waals surface area contributed by atoms with Gasteiger partial charge in [0, 0.05) is 18.7 Å². The van der Waals surface area contributed by atoms with Crippen molar-refractivity contribution in [1.29, 1.82) is 0 Å². The van der Waals surface area contributed by atoms with E-state index >= 15 is 0 Å². The number of hydrogen-bond donors (Lipinski definition) is 1. The van der Waals surface area contributed by atoms with Crippen LogP contribution in [0.2, 0.25) is 0 Å². The summed E-state index contributed by atoms with van der Waals surface area (Å²) in [5.74, 6) is -1.99. The molecule has 23 heavy (non-hydrogen) atoms. The fraction of sp³-hybridized carbons (Fsp3) is 0.467. The SMILES string of the molecule is CC(CN(C(=O)COc1ccccc1[N+](=O)[O-])C1CC1)C(=O)O. The number of carboxylic acid groups (broad SMARTS) is 1. The molecule has 1 fully saturated rings. The van der Waals surface area contributed by atoms with Crippen LogP contribution in [-0.2, 0) is 9.59 Å². The number of aliphatic carboxylic acids is 1. The van der Waals surface area contributed by atoms with Crippen LogP contribution < -0.4 is 4.74 Å². The van der Waals surface area contributed by atoms with Crippen LogP contribution in [0, 0.1) is 16.0 Å². The van der Waals surface area contributed by atoms with Crippen LogP contribution in [0.5, 0.6) is 5.75 Å². The van der Waals surface area contributed by atoms with Crippen molar-refractivity contribution in [2.75, 3.05) is 13.2 Å². The molecule has 1 unspecified atom stereocenters. The number of carbonyl (C=O) groups is 2. The van der Waals surface area contributed by atoms with E-state index in [1.807, 2.05) is 0 Å². The fourth-order valence-electron chi connectivity index (χ4n) is 2.17. The summed E-state index contributed by atoms with van der Waals surface area (Å²) in [6.45, 7) is 1.29. The molecule has 8 heteroatoms. The van der Waals surface area contributed by atoms with E-state index in [2.05, 4.69) is 0 Å². The largest absolute Gasteiger partial charge is 0.481 e. The monoisotopic (exact) mass is 322 g/mol. The number of rotatable bonds is 8. The second-order valence-corrected chi connectivity index (χ2v) is 5.53. The van der Waals surface area contributed by atoms with Crippen molar-refractivity contribution in [1.82, 2.24) is 4.90 Å². The first-order chi connectivity index (χ1) is 10.9. The lowest BCUT2D eigenvalue weighted by atomic mass is 10.1. The van der Waals surface area contributed by atoms with E-state index < -0.39 is 16.8 Å². The van der Waals surface area contributed by atoms with Crippen molar-refractivity contribution in [3.63, 3.8) is 0 Å². The molecule has 1 aliphatic carbocycles. The number of nitro groups is 1. The van der Waals surface area contributed by atoms with Gasteiger partial charge in [-0.15, -0.1) is 0 Å². The third-order valence-corrected chi connectivity index (χ3v) is 3.61. The van der Waals surface area contributed by atoms with Gasteiger partial charge in [-0.25, -0.2) is 0 Å². The molecule has 1 aromatic rings. The van der Waals surface area contributed by atoms with Gasteiger partial charge in [-0.2, -0.15) is 0 Å². The predicted molar refractivity (Wildman–Crippen MR) is 80.1 cm³/mol. The second kappa shape index (κ2) is 7.08. The van der Waals surface area contributed by atoms with E-state index in [0.717, 1.165) is 12.8 Å². The van der Waals surface area contributed by atoms with Crippen molar-refractivity contribution in [3.05, 3.63) is 34.4 Å². The number of carboxylic acids is 1. The van der Waals surface area contributed by atoms with Gasteiger partial charge in [-0.05, 0) is 18.9 Å². The van der Waals surface area contributed by atoms with Crippen LogP contribution in [0.25, 0.3) is 0 Å². The predicted octanol–water partition coefficient (Wildman–Crippen LogP) is 1.69. The summed E-state index contributed by atoms with van der Waals surface area (Å²) in [5, 5.41) is 19.9. The molecule has 0 aromatic heterocycles. The average Bonchev–Trinajstić information content (AvgIpc) is 3.34. The third kappa shape index (κ3) is 4.41. The molecule has 1 saturated carbocycles.